The number of hydrogen-bond acceptors (Lipinski definition) is 8. The molecule has 0 spiro atoms. The van der Waals surface area contributed by atoms with Crippen molar-refractivity contribution in [2.24, 2.45) is 0 Å². The summed E-state index contributed by atoms with van der Waals surface area (Å²) in [6.45, 7) is -0.993. The van der Waals surface area contributed by atoms with E-state index in [2.05, 4.69) is 0 Å². The second-order valence-electron chi connectivity index (χ2n) is 4.53. The van der Waals surface area contributed by atoms with Crippen LogP contribution >= 0.6 is 0 Å². The van der Waals surface area contributed by atoms with Gasteiger partial charge in [0.05, 0.1) is 6.61 Å². The number of benzene rings is 1. The van der Waals surface area contributed by atoms with E-state index in [1.54, 1.807) is 0 Å². The molecule has 5 atom stereocenters. The van der Waals surface area contributed by atoms with Gasteiger partial charge in [0, 0.05) is 0 Å². The van der Waals surface area contributed by atoms with Crippen molar-refractivity contribution < 1.29 is 40.1 Å². The molecule has 1 aliphatic rings. The molecule has 1 saturated heterocycles. The third-order valence-corrected chi connectivity index (χ3v) is 3.05. The average molecular weight is 288 g/mol. The molecule has 0 amide bonds. The minimum Gasteiger partial charge on any atom is -0.508 e. The number of aliphatic hydroxyl groups is 5. The molecule has 8 nitrogen and oxygen atoms in total. The highest BCUT2D eigenvalue weighted by molar-refractivity contribution is 5.30. The van der Waals surface area contributed by atoms with Crippen LogP contribution in [0.15, 0.2) is 24.3 Å². The van der Waals surface area contributed by atoms with Crippen LogP contribution in [0.4, 0.5) is 0 Å². The van der Waals surface area contributed by atoms with Gasteiger partial charge >= 0.3 is 0 Å². The van der Waals surface area contributed by atoms with Gasteiger partial charge in [-0.2, -0.15) is 0 Å². The van der Waals surface area contributed by atoms with Crippen molar-refractivity contribution in [3.8, 4) is 11.5 Å². The van der Waals surface area contributed by atoms with Crippen molar-refractivity contribution in [3.05, 3.63) is 24.3 Å². The normalized spacial score (nSPS) is 37.6. The minimum atomic E-state index is -2.44. The molecular formula is C12H16O8. The van der Waals surface area contributed by atoms with E-state index in [0.29, 0.717) is 0 Å². The van der Waals surface area contributed by atoms with Gasteiger partial charge in [0.15, 0.2) is 0 Å². The Hall–Kier alpha value is -1.42. The maximum absolute atomic E-state index is 9.82. The first-order valence-electron chi connectivity index (χ1n) is 5.88. The molecule has 6 N–H and O–H groups in total. The molecule has 1 aromatic carbocycles. The quantitative estimate of drug-likeness (QED) is 0.371. The van der Waals surface area contributed by atoms with Crippen LogP contribution in [-0.2, 0) is 4.74 Å². The smallest absolute Gasteiger partial charge is 0.231 e. The summed E-state index contributed by atoms with van der Waals surface area (Å²) >= 11 is 0. The molecule has 2 unspecified atom stereocenters. The predicted octanol–water partition coefficient (Wildman–Crippen LogP) is -2.11. The van der Waals surface area contributed by atoms with E-state index in [0.717, 1.165) is 0 Å². The third-order valence-electron chi connectivity index (χ3n) is 3.05. The van der Waals surface area contributed by atoms with Crippen LogP contribution in [0, 0.1) is 0 Å². The lowest BCUT2D eigenvalue weighted by molar-refractivity contribution is -0.384. The molecule has 1 aliphatic heterocycles. The van der Waals surface area contributed by atoms with Crippen LogP contribution in [0.3, 0.4) is 0 Å². The Balaban J connectivity index is 2.16. The summed E-state index contributed by atoms with van der Waals surface area (Å²) < 4.78 is 10.1. The summed E-state index contributed by atoms with van der Waals surface area (Å²) in [5, 5.41) is 56.9. The molecule has 0 radical (unpaired) electrons. The molecule has 0 saturated carbocycles. The van der Waals surface area contributed by atoms with Gasteiger partial charge in [0.25, 0.3) is 0 Å². The number of aromatic hydroxyl groups is 1. The van der Waals surface area contributed by atoms with Crippen LogP contribution in [-0.4, -0.2) is 67.6 Å². The highest BCUT2D eigenvalue weighted by atomic mass is 16.8. The van der Waals surface area contributed by atoms with Crippen molar-refractivity contribution >= 4 is 0 Å². The monoisotopic (exact) mass is 288 g/mol. The Morgan fingerprint density at radius 3 is 2.25 bits per heavy atom. The van der Waals surface area contributed by atoms with E-state index in [4.69, 9.17) is 19.7 Å². The zero-order valence-electron chi connectivity index (χ0n) is 10.3. The van der Waals surface area contributed by atoms with E-state index in [1.165, 1.54) is 24.3 Å². The lowest BCUT2D eigenvalue weighted by Crippen LogP contribution is -2.67. The van der Waals surface area contributed by atoms with E-state index in [1.807, 2.05) is 0 Å². The van der Waals surface area contributed by atoms with Gasteiger partial charge in [-0.15, -0.1) is 0 Å². The number of hydrogen-bond donors (Lipinski definition) is 6. The van der Waals surface area contributed by atoms with Crippen LogP contribution in [0.25, 0.3) is 0 Å². The minimum absolute atomic E-state index is 0.00443. The SMILES string of the molecule is OCC1(O)O[C@H](Oc2ccc(O)cc2)C(O)[C@@H](O)[C@H]1O. The van der Waals surface area contributed by atoms with Gasteiger partial charge in [0.2, 0.25) is 12.1 Å². The number of phenols is 1. The molecule has 20 heavy (non-hydrogen) atoms. The van der Waals surface area contributed by atoms with E-state index >= 15 is 0 Å². The topological polar surface area (TPSA) is 140 Å². The maximum Gasteiger partial charge on any atom is 0.231 e. The summed E-state index contributed by atoms with van der Waals surface area (Å²) in [7, 11) is 0. The second-order valence-corrected chi connectivity index (χ2v) is 4.53. The number of rotatable bonds is 3. The second kappa shape index (κ2) is 5.52. The zero-order chi connectivity index (χ0) is 14.9. The van der Waals surface area contributed by atoms with Gasteiger partial charge < -0.3 is 40.1 Å². The molecule has 0 aromatic heterocycles. The van der Waals surface area contributed by atoms with Crippen molar-refractivity contribution in [1.82, 2.24) is 0 Å². The fraction of sp³-hybridized carbons (Fsp3) is 0.500. The molecule has 1 heterocycles. The molecule has 1 fully saturated rings. The molecule has 112 valence electrons. The van der Waals surface area contributed by atoms with Crippen LogP contribution in [0.5, 0.6) is 11.5 Å². The van der Waals surface area contributed by atoms with E-state index in [9.17, 15) is 20.4 Å². The first kappa shape index (κ1) is 15.0. The van der Waals surface area contributed by atoms with Crippen molar-refractivity contribution in [2.45, 2.75) is 30.4 Å². The highest BCUT2D eigenvalue weighted by Gasteiger charge is 2.53. The molecular weight excluding hydrogens is 272 g/mol. The van der Waals surface area contributed by atoms with Gasteiger partial charge in [0.1, 0.15) is 29.8 Å². The molecule has 2 rings (SSSR count). The Kier molecular flexibility index (Phi) is 4.14. The molecule has 8 heteroatoms. The first-order chi connectivity index (χ1) is 9.37. The Bertz CT molecular complexity index is 449. The van der Waals surface area contributed by atoms with Crippen molar-refractivity contribution in [3.63, 3.8) is 0 Å². The summed E-state index contributed by atoms with van der Waals surface area (Å²) in [6.07, 6.45) is -6.79. The van der Waals surface area contributed by atoms with E-state index < -0.39 is 37.0 Å². The van der Waals surface area contributed by atoms with E-state index in [-0.39, 0.29) is 11.5 Å². The summed E-state index contributed by atoms with van der Waals surface area (Å²) in [6, 6.07) is 5.41. The average Bonchev–Trinajstić information content (AvgIpc) is 2.45. The molecule has 0 aliphatic carbocycles. The predicted molar refractivity (Wildman–Crippen MR) is 63.7 cm³/mol. The Morgan fingerprint density at radius 1 is 1.10 bits per heavy atom. The Labute approximate surface area is 114 Å². The maximum atomic E-state index is 9.82. The van der Waals surface area contributed by atoms with Crippen LogP contribution < -0.4 is 4.74 Å². The number of aliphatic hydroxyl groups excluding tert-OH is 4. The van der Waals surface area contributed by atoms with Gasteiger partial charge in [-0.1, -0.05) is 0 Å². The van der Waals surface area contributed by atoms with Crippen LogP contribution in [0.2, 0.25) is 0 Å². The highest BCUT2D eigenvalue weighted by Crippen LogP contribution is 2.29. The summed E-state index contributed by atoms with van der Waals surface area (Å²) in [5.41, 5.74) is 0. The lowest BCUT2D eigenvalue weighted by atomic mass is 9.96. The standard InChI is InChI=1S/C12H16O8/c13-5-12(18)10(17)8(15)9(16)11(20-12)19-7-3-1-6(14)2-4-7/h1-4,8-11,13-18H,5H2/t8-,9?,10-,11+,12?/m1/s1. The third kappa shape index (κ3) is 2.70. The Morgan fingerprint density at radius 2 is 1.70 bits per heavy atom. The van der Waals surface area contributed by atoms with Gasteiger partial charge in [-0.25, -0.2) is 0 Å². The number of ether oxygens (including phenoxy) is 2. The number of phenolic OH excluding ortho intramolecular Hbond substituents is 1. The molecule has 0 bridgehead atoms. The lowest BCUT2D eigenvalue weighted by Gasteiger charge is -2.44. The summed E-state index contributed by atoms with van der Waals surface area (Å²) in [5.74, 6) is -2.25. The molecule has 1 aromatic rings. The zero-order valence-corrected chi connectivity index (χ0v) is 10.3. The fourth-order valence-corrected chi connectivity index (χ4v) is 1.84. The van der Waals surface area contributed by atoms with Crippen LogP contribution in [0.1, 0.15) is 0 Å². The van der Waals surface area contributed by atoms with Crippen molar-refractivity contribution in [1.29, 1.82) is 0 Å². The van der Waals surface area contributed by atoms with Crippen molar-refractivity contribution in [2.75, 3.05) is 6.61 Å². The van der Waals surface area contributed by atoms with Gasteiger partial charge in [-0.3, -0.25) is 0 Å². The summed E-state index contributed by atoms with van der Waals surface area (Å²) in [4.78, 5) is 0. The fourth-order valence-electron chi connectivity index (χ4n) is 1.84. The largest absolute Gasteiger partial charge is 0.508 e. The van der Waals surface area contributed by atoms with Gasteiger partial charge in [-0.05, 0) is 24.3 Å². The first-order valence-corrected chi connectivity index (χ1v) is 5.88.